The van der Waals surface area contributed by atoms with Crippen molar-refractivity contribution in [2.75, 3.05) is 19.7 Å². The predicted octanol–water partition coefficient (Wildman–Crippen LogP) is -0.271. The molecule has 0 bridgehead atoms. The average Bonchev–Trinajstić information content (AvgIpc) is 2.07. The van der Waals surface area contributed by atoms with Crippen LogP contribution >= 0.6 is 0 Å². The highest BCUT2D eigenvalue weighted by Crippen LogP contribution is 2.15. The van der Waals surface area contributed by atoms with Crippen molar-refractivity contribution in [2.45, 2.75) is 25.4 Å². The molecule has 1 aliphatic heterocycles. The first-order valence-corrected chi connectivity index (χ1v) is 4.34. The molecule has 66 valence electrons. The topological polar surface area (TPSA) is 52.5 Å². The Labute approximate surface area is 67.4 Å². The molecule has 0 spiro atoms. The smallest absolute Gasteiger partial charge is 0.0602 e. The molecule has 3 N–H and O–H groups in total. The normalized spacial score (nSPS) is 28.4. The molecule has 0 aromatic carbocycles. The van der Waals surface area contributed by atoms with E-state index < -0.39 is 0 Å². The van der Waals surface area contributed by atoms with Crippen molar-refractivity contribution in [1.29, 1.82) is 0 Å². The minimum atomic E-state index is -0.312. The number of piperidine rings is 1. The highest BCUT2D eigenvalue weighted by molar-refractivity contribution is 4.75. The molecule has 0 aromatic rings. The number of hydrogen-bond acceptors (Lipinski definition) is 3. The summed E-state index contributed by atoms with van der Waals surface area (Å²) in [6, 6.07) is 0. The van der Waals surface area contributed by atoms with Gasteiger partial charge >= 0.3 is 0 Å². The van der Waals surface area contributed by atoms with Crippen molar-refractivity contribution in [2.24, 2.45) is 5.92 Å². The van der Waals surface area contributed by atoms with Gasteiger partial charge < -0.3 is 15.5 Å². The van der Waals surface area contributed by atoms with Crippen LogP contribution in [0.3, 0.4) is 0 Å². The Bertz CT molecular complexity index is 102. The van der Waals surface area contributed by atoms with Crippen molar-refractivity contribution in [3.63, 3.8) is 0 Å². The second-order valence-electron chi connectivity index (χ2n) is 3.19. The SMILES string of the molecule is OCC[C@H](O)[C@@H]1CCCNC1. The Hall–Kier alpha value is -0.120. The van der Waals surface area contributed by atoms with Gasteiger partial charge in [-0.1, -0.05) is 0 Å². The Balaban J connectivity index is 2.21. The van der Waals surface area contributed by atoms with Gasteiger partial charge in [0, 0.05) is 13.2 Å². The van der Waals surface area contributed by atoms with Crippen LogP contribution in [0, 0.1) is 5.92 Å². The summed E-state index contributed by atoms with van der Waals surface area (Å²) < 4.78 is 0. The zero-order valence-electron chi connectivity index (χ0n) is 6.79. The largest absolute Gasteiger partial charge is 0.396 e. The van der Waals surface area contributed by atoms with Crippen molar-refractivity contribution < 1.29 is 10.2 Å². The van der Waals surface area contributed by atoms with Crippen molar-refractivity contribution >= 4 is 0 Å². The zero-order chi connectivity index (χ0) is 8.10. The lowest BCUT2D eigenvalue weighted by Gasteiger charge is -2.26. The molecule has 11 heavy (non-hydrogen) atoms. The first-order chi connectivity index (χ1) is 5.34. The summed E-state index contributed by atoms with van der Waals surface area (Å²) in [6.45, 7) is 2.07. The summed E-state index contributed by atoms with van der Waals surface area (Å²) >= 11 is 0. The van der Waals surface area contributed by atoms with Crippen molar-refractivity contribution in [1.82, 2.24) is 5.32 Å². The molecular weight excluding hydrogens is 142 g/mol. The van der Waals surface area contributed by atoms with Gasteiger partial charge in [0.05, 0.1) is 6.10 Å². The van der Waals surface area contributed by atoms with Gasteiger partial charge in [0.25, 0.3) is 0 Å². The number of aliphatic hydroxyl groups is 2. The van der Waals surface area contributed by atoms with E-state index in [9.17, 15) is 5.11 Å². The van der Waals surface area contributed by atoms with Gasteiger partial charge in [-0.05, 0) is 31.7 Å². The first kappa shape index (κ1) is 8.97. The van der Waals surface area contributed by atoms with E-state index in [1.54, 1.807) is 0 Å². The molecule has 1 fully saturated rings. The van der Waals surface area contributed by atoms with Gasteiger partial charge in [-0.25, -0.2) is 0 Å². The van der Waals surface area contributed by atoms with Crippen LogP contribution in [0.25, 0.3) is 0 Å². The van der Waals surface area contributed by atoms with Crippen LogP contribution in [-0.2, 0) is 0 Å². The first-order valence-electron chi connectivity index (χ1n) is 4.34. The monoisotopic (exact) mass is 159 g/mol. The van der Waals surface area contributed by atoms with E-state index in [2.05, 4.69) is 5.32 Å². The summed E-state index contributed by atoms with van der Waals surface area (Å²) in [6.07, 6.45) is 2.45. The molecule has 0 saturated carbocycles. The van der Waals surface area contributed by atoms with Crippen LogP contribution in [0.1, 0.15) is 19.3 Å². The highest BCUT2D eigenvalue weighted by Gasteiger charge is 2.20. The maximum atomic E-state index is 9.47. The molecule has 3 heteroatoms. The minimum absolute atomic E-state index is 0.0949. The Morgan fingerprint density at radius 1 is 1.55 bits per heavy atom. The molecule has 0 radical (unpaired) electrons. The second-order valence-corrected chi connectivity index (χ2v) is 3.19. The molecule has 0 aromatic heterocycles. The highest BCUT2D eigenvalue weighted by atomic mass is 16.3. The molecule has 2 atom stereocenters. The summed E-state index contributed by atoms with van der Waals surface area (Å²) in [4.78, 5) is 0. The van der Waals surface area contributed by atoms with Gasteiger partial charge in [0.2, 0.25) is 0 Å². The van der Waals surface area contributed by atoms with Gasteiger partial charge in [-0.2, -0.15) is 0 Å². The Kier molecular flexibility index (Phi) is 3.83. The van der Waals surface area contributed by atoms with Crippen LogP contribution in [0.4, 0.5) is 0 Å². The van der Waals surface area contributed by atoms with Crippen LogP contribution in [0.2, 0.25) is 0 Å². The third kappa shape index (κ3) is 2.77. The molecule has 1 saturated heterocycles. The quantitative estimate of drug-likeness (QED) is 0.531. The fourth-order valence-electron chi connectivity index (χ4n) is 1.58. The third-order valence-corrected chi connectivity index (χ3v) is 2.30. The van der Waals surface area contributed by atoms with Crippen LogP contribution < -0.4 is 5.32 Å². The molecule has 0 unspecified atom stereocenters. The Morgan fingerprint density at radius 3 is 2.91 bits per heavy atom. The molecule has 1 aliphatic rings. The molecule has 0 aliphatic carbocycles. The van der Waals surface area contributed by atoms with E-state index in [1.807, 2.05) is 0 Å². The molecular formula is C8H17NO2. The van der Waals surface area contributed by atoms with Gasteiger partial charge in [0.1, 0.15) is 0 Å². The van der Waals surface area contributed by atoms with Gasteiger partial charge in [0.15, 0.2) is 0 Å². The molecule has 1 rings (SSSR count). The summed E-state index contributed by atoms with van der Waals surface area (Å²) in [7, 11) is 0. The van der Waals surface area contributed by atoms with Crippen LogP contribution in [0.15, 0.2) is 0 Å². The van der Waals surface area contributed by atoms with Crippen molar-refractivity contribution in [3.8, 4) is 0 Å². The number of nitrogens with one attached hydrogen (secondary N) is 1. The molecule has 1 heterocycles. The maximum Gasteiger partial charge on any atom is 0.0602 e. The lowest BCUT2D eigenvalue weighted by atomic mass is 9.92. The number of aliphatic hydroxyl groups excluding tert-OH is 2. The lowest BCUT2D eigenvalue weighted by Crippen LogP contribution is -2.37. The van der Waals surface area contributed by atoms with Crippen LogP contribution in [0.5, 0.6) is 0 Å². The van der Waals surface area contributed by atoms with E-state index in [0.717, 1.165) is 25.9 Å². The van der Waals surface area contributed by atoms with Crippen LogP contribution in [-0.4, -0.2) is 36.0 Å². The second kappa shape index (κ2) is 4.70. The van der Waals surface area contributed by atoms with Gasteiger partial charge in [-0.15, -0.1) is 0 Å². The van der Waals surface area contributed by atoms with E-state index in [1.165, 1.54) is 0 Å². The lowest BCUT2D eigenvalue weighted by molar-refractivity contribution is 0.0667. The van der Waals surface area contributed by atoms with E-state index >= 15 is 0 Å². The fourth-order valence-corrected chi connectivity index (χ4v) is 1.58. The number of hydrogen-bond donors (Lipinski definition) is 3. The average molecular weight is 159 g/mol. The molecule has 0 amide bonds. The fraction of sp³-hybridized carbons (Fsp3) is 1.00. The summed E-state index contributed by atoms with van der Waals surface area (Å²) in [5, 5.41) is 21.3. The van der Waals surface area contributed by atoms with E-state index in [4.69, 9.17) is 5.11 Å². The van der Waals surface area contributed by atoms with Crippen molar-refractivity contribution in [3.05, 3.63) is 0 Å². The molecule has 3 nitrogen and oxygen atoms in total. The van der Waals surface area contributed by atoms with E-state index in [0.29, 0.717) is 12.3 Å². The zero-order valence-corrected chi connectivity index (χ0v) is 6.79. The Morgan fingerprint density at radius 2 is 2.36 bits per heavy atom. The standard InChI is InChI=1S/C8H17NO2/c10-5-3-8(11)7-2-1-4-9-6-7/h7-11H,1-6H2/t7-,8+/m1/s1. The minimum Gasteiger partial charge on any atom is -0.396 e. The van der Waals surface area contributed by atoms with E-state index in [-0.39, 0.29) is 12.7 Å². The summed E-state index contributed by atoms with van der Waals surface area (Å²) in [5.41, 5.74) is 0. The summed E-state index contributed by atoms with van der Waals surface area (Å²) in [5.74, 6) is 0.357. The van der Waals surface area contributed by atoms with Gasteiger partial charge in [-0.3, -0.25) is 0 Å². The maximum absolute atomic E-state index is 9.47. The predicted molar refractivity (Wildman–Crippen MR) is 43.3 cm³/mol. The number of rotatable bonds is 3. The third-order valence-electron chi connectivity index (χ3n) is 2.30.